The number of methoxy groups -OCH3 is 2. The molecule has 8 heteroatoms. The lowest BCUT2D eigenvalue weighted by Crippen LogP contribution is -2.36. The number of ketones is 1. The van der Waals surface area contributed by atoms with Gasteiger partial charge in [0.2, 0.25) is 0 Å². The molecule has 1 unspecified atom stereocenters. The fourth-order valence-corrected chi connectivity index (χ4v) is 7.03. The number of carbonyl (C=O) groups is 1. The molecule has 2 heterocycles. The number of anilines is 1. The minimum absolute atomic E-state index is 0. The first-order valence-corrected chi connectivity index (χ1v) is 14.8. The van der Waals surface area contributed by atoms with Gasteiger partial charge >= 0.3 is 0 Å². The minimum Gasteiger partial charge on any atom is -0.493 e. The molecule has 1 aliphatic heterocycles. The molecule has 222 valence electrons. The van der Waals surface area contributed by atoms with Gasteiger partial charge in [-0.1, -0.05) is 18.2 Å². The number of likely N-dealkylation sites (tertiary alicyclic amines) is 1. The molecule has 2 aromatic carbocycles. The molecule has 3 aliphatic rings. The monoisotopic (exact) mass is 599 g/mol. The molecule has 3 aromatic rings. The Bertz CT molecular complexity index is 1360. The van der Waals surface area contributed by atoms with E-state index in [1.54, 1.807) is 14.2 Å². The molecule has 1 N–H and O–H groups in total. The molecule has 1 atom stereocenters. The minimum atomic E-state index is 0. The van der Waals surface area contributed by atoms with Gasteiger partial charge in [0.1, 0.15) is 0 Å². The van der Waals surface area contributed by atoms with Crippen LogP contribution in [0.1, 0.15) is 65.7 Å². The number of nitrogens with zero attached hydrogens (tertiary/aromatic N) is 2. The normalized spacial score (nSPS) is 18.7. The zero-order valence-corrected chi connectivity index (χ0v) is 25.9. The van der Waals surface area contributed by atoms with Crippen molar-refractivity contribution in [1.82, 2.24) is 9.88 Å². The van der Waals surface area contributed by atoms with Gasteiger partial charge in [-0.2, -0.15) is 0 Å². The zero-order chi connectivity index (χ0) is 26.8. The number of halogens is 2. The van der Waals surface area contributed by atoms with Crippen LogP contribution in [0.15, 0.2) is 36.4 Å². The number of benzene rings is 2. The third-order valence-corrected chi connectivity index (χ3v) is 9.16. The summed E-state index contributed by atoms with van der Waals surface area (Å²) in [5, 5.41) is 5.08. The average molecular weight is 601 g/mol. The van der Waals surface area contributed by atoms with Crippen LogP contribution in [0, 0.1) is 11.8 Å². The molecule has 1 fully saturated rings. The summed E-state index contributed by atoms with van der Waals surface area (Å²) in [5.41, 5.74) is 7.12. The smallest absolute Gasteiger partial charge is 0.166 e. The van der Waals surface area contributed by atoms with E-state index in [0.717, 1.165) is 74.9 Å². The van der Waals surface area contributed by atoms with Gasteiger partial charge in [0, 0.05) is 34.8 Å². The molecule has 0 bridgehead atoms. The standard InChI is InChI=1S/C33H41N3O3.2ClH/c1-38-30-20-23-19-24(33(37)27(23)21-31(30)39-2)18-22-12-16-36(17-13-22)15-7-14-34-32-25-8-3-5-10-28(25)35-29-11-6-4-9-26(29)32;;/h3,5,8,10,20-22,24H,4,6-7,9,11-19H2,1-2H3,(H,34,35);2*1H. The van der Waals surface area contributed by atoms with Crippen LogP contribution < -0.4 is 14.8 Å². The Morgan fingerprint density at radius 1 is 1.00 bits per heavy atom. The summed E-state index contributed by atoms with van der Waals surface area (Å²) in [7, 11) is 3.27. The van der Waals surface area contributed by atoms with Crippen molar-refractivity contribution in [3.8, 4) is 11.5 Å². The van der Waals surface area contributed by atoms with E-state index < -0.39 is 0 Å². The van der Waals surface area contributed by atoms with Crippen LogP contribution in [0.5, 0.6) is 11.5 Å². The van der Waals surface area contributed by atoms with Crippen LogP contribution in [-0.4, -0.2) is 56.1 Å². The van der Waals surface area contributed by atoms with Crippen molar-refractivity contribution in [3.05, 3.63) is 58.8 Å². The number of carbonyl (C=O) groups excluding carboxylic acids is 1. The maximum absolute atomic E-state index is 13.1. The first-order valence-electron chi connectivity index (χ1n) is 14.8. The molecule has 6 rings (SSSR count). The molecule has 1 saturated heterocycles. The van der Waals surface area contributed by atoms with Gasteiger partial charge in [-0.15, -0.1) is 24.8 Å². The number of hydrogen-bond acceptors (Lipinski definition) is 6. The number of piperidine rings is 1. The Hall–Kier alpha value is -2.54. The highest BCUT2D eigenvalue weighted by Crippen LogP contribution is 2.39. The first kappa shape index (κ1) is 31.4. The van der Waals surface area contributed by atoms with E-state index in [2.05, 4.69) is 34.5 Å². The van der Waals surface area contributed by atoms with E-state index >= 15 is 0 Å². The Labute approximate surface area is 256 Å². The van der Waals surface area contributed by atoms with Gasteiger partial charge in [-0.3, -0.25) is 9.78 Å². The number of aromatic nitrogens is 1. The zero-order valence-electron chi connectivity index (χ0n) is 24.2. The maximum atomic E-state index is 13.1. The highest BCUT2D eigenvalue weighted by Gasteiger charge is 2.34. The summed E-state index contributed by atoms with van der Waals surface area (Å²) >= 11 is 0. The van der Waals surface area contributed by atoms with Gasteiger partial charge in [0.15, 0.2) is 17.3 Å². The third-order valence-electron chi connectivity index (χ3n) is 9.16. The van der Waals surface area contributed by atoms with Crippen LogP contribution >= 0.6 is 24.8 Å². The number of rotatable bonds is 9. The van der Waals surface area contributed by atoms with Crippen LogP contribution in [0.4, 0.5) is 5.69 Å². The fourth-order valence-electron chi connectivity index (χ4n) is 7.03. The quantitative estimate of drug-likeness (QED) is 0.269. The second-order valence-electron chi connectivity index (χ2n) is 11.6. The molecular formula is C33H43Cl2N3O3. The number of para-hydroxylation sites is 1. The molecule has 0 radical (unpaired) electrons. The highest BCUT2D eigenvalue weighted by atomic mass is 35.5. The van der Waals surface area contributed by atoms with E-state index in [9.17, 15) is 4.79 Å². The summed E-state index contributed by atoms with van der Waals surface area (Å²) in [4.78, 5) is 20.7. The summed E-state index contributed by atoms with van der Waals surface area (Å²) in [6.45, 7) is 4.38. The molecular weight excluding hydrogens is 557 g/mol. The van der Waals surface area contributed by atoms with Gasteiger partial charge in [-0.25, -0.2) is 0 Å². The summed E-state index contributed by atoms with van der Waals surface area (Å²) in [6.07, 6.45) is 10.1. The van der Waals surface area contributed by atoms with Crippen LogP contribution in [0.25, 0.3) is 10.9 Å². The number of Topliss-reactive ketones (excluding diaryl/α,β-unsaturated/α-hetero) is 1. The van der Waals surface area contributed by atoms with Gasteiger partial charge in [0.05, 0.1) is 19.7 Å². The maximum Gasteiger partial charge on any atom is 0.166 e. The van der Waals surface area contributed by atoms with Gasteiger partial charge in [0.25, 0.3) is 0 Å². The van der Waals surface area contributed by atoms with Gasteiger partial charge < -0.3 is 19.7 Å². The van der Waals surface area contributed by atoms with E-state index in [1.165, 1.54) is 48.0 Å². The molecule has 0 amide bonds. The van der Waals surface area contributed by atoms with Crippen LogP contribution in [0.2, 0.25) is 0 Å². The summed E-state index contributed by atoms with van der Waals surface area (Å²) in [5.74, 6) is 2.36. The highest BCUT2D eigenvalue weighted by molar-refractivity contribution is 6.03. The van der Waals surface area contributed by atoms with Crippen LogP contribution in [-0.2, 0) is 19.3 Å². The van der Waals surface area contributed by atoms with Crippen molar-refractivity contribution < 1.29 is 14.3 Å². The first-order chi connectivity index (χ1) is 19.1. The van der Waals surface area contributed by atoms with Crippen molar-refractivity contribution in [3.63, 3.8) is 0 Å². The van der Waals surface area contributed by atoms with E-state index in [4.69, 9.17) is 14.5 Å². The van der Waals surface area contributed by atoms with Crippen molar-refractivity contribution >= 4 is 47.2 Å². The van der Waals surface area contributed by atoms with Crippen molar-refractivity contribution in [2.24, 2.45) is 11.8 Å². The Kier molecular flexibility index (Phi) is 10.8. The fraction of sp³-hybridized carbons (Fsp3) is 0.515. The number of ether oxygens (including phenoxy) is 2. The molecule has 6 nitrogen and oxygen atoms in total. The lowest BCUT2D eigenvalue weighted by atomic mass is 9.85. The molecule has 41 heavy (non-hydrogen) atoms. The topological polar surface area (TPSA) is 63.7 Å². The average Bonchev–Trinajstić information content (AvgIpc) is 3.28. The van der Waals surface area contributed by atoms with E-state index in [1.807, 2.05) is 12.1 Å². The van der Waals surface area contributed by atoms with Crippen molar-refractivity contribution in [2.75, 3.05) is 45.7 Å². The second kappa shape index (κ2) is 14.1. The SMILES string of the molecule is COc1cc2c(cc1OC)C(=O)C(CC1CCN(CCCNc3c4c(nc5ccccc35)CCCC4)CC1)C2.Cl.Cl. The lowest BCUT2D eigenvalue weighted by molar-refractivity contribution is 0.0897. The van der Waals surface area contributed by atoms with Crippen molar-refractivity contribution in [2.45, 2.75) is 57.8 Å². The Morgan fingerprint density at radius 2 is 1.73 bits per heavy atom. The summed E-state index contributed by atoms with van der Waals surface area (Å²) in [6, 6.07) is 12.4. The Morgan fingerprint density at radius 3 is 2.51 bits per heavy atom. The lowest BCUT2D eigenvalue weighted by Gasteiger charge is -2.33. The molecule has 1 aromatic heterocycles. The number of nitrogens with one attached hydrogen (secondary N) is 1. The largest absolute Gasteiger partial charge is 0.493 e. The number of fused-ring (bicyclic) bond motifs is 3. The molecule has 0 spiro atoms. The number of aryl methyl sites for hydroxylation is 1. The second-order valence-corrected chi connectivity index (χ2v) is 11.6. The van der Waals surface area contributed by atoms with Gasteiger partial charge in [-0.05, 0) is 113 Å². The van der Waals surface area contributed by atoms with E-state index in [-0.39, 0.29) is 36.5 Å². The predicted molar refractivity (Wildman–Crippen MR) is 171 cm³/mol. The Balaban J connectivity index is 0.00000194. The number of pyridine rings is 1. The third kappa shape index (κ3) is 6.60. The van der Waals surface area contributed by atoms with Crippen molar-refractivity contribution in [1.29, 1.82) is 0 Å². The predicted octanol–water partition coefficient (Wildman–Crippen LogP) is 6.93. The molecule has 0 saturated carbocycles. The number of hydrogen-bond donors (Lipinski definition) is 1. The van der Waals surface area contributed by atoms with E-state index in [0.29, 0.717) is 17.4 Å². The summed E-state index contributed by atoms with van der Waals surface area (Å²) < 4.78 is 10.9. The van der Waals surface area contributed by atoms with Crippen LogP contribution in [0.3, 0.4) is 0 Å². The molecule has 2 aliphatic carbocycles.